The lowest BCUT2D eigenvalue weighted by Crippen LogP contribution is -2.08. The summed E-state index contributed by atoms with van der Waals surface area (Å²) in [6.45, 7) is 7.64. The molecule has 1 N–H and O–H groups in total. The zero-order valence-corrected chi connectivity index (χ0v) is 13.4. The quantitative estimate of drug-likeness (QED) is 0.915. The first kappa shape index (κ1) is 14.2. The Bertz CT molecular complexity index is 640. The topological polar surface area (TPSA) is 29.9 Å². The van der Waals surface area contributed by atoms with Gasteiger partial charge in [0, 0.05) is 12.1 Å². The molecule has 3 rings (SSSR count). The molecular formula is C18H25N3. The summed E-state index contributed by atoms with van der Waals surface area (Å²) in [5.41, 5.74) is 6.57. The second-order valence-corrected chi connectivity index (χ2v) is 6.04. The molecule has 0 aliphatic carbocycles. The molecule has 0 saturated carbocycles. The van der Waals surface area contributed by atoms with Gasteiger partial charge in [-0.05, 0) is 56.7 Å². The van der Waals surface area contributed by atoms with Crippen molar-refractivity contribution in [2.75, 3.05) is 11.9 Å². The van der Waals surface area contributed by atoms with Crippen molar-refractivity contribution in [2.24, 2.45) is 0 Å². The van der Waals surface area contributed by atoms with E-state index in [0.29, 0.717) is 0 Å². The average molecular weight is 283 g/mol. The molecule has 3 heteroatoms. The Hall–Kier alpha value is -1.77. The van der Waals surface area contributed by atoms with Crippen LogP contribution in [0.1, 0.15) is 48.6 Å². The maximum atomic E-state index is 4.95. The number of aryl methyl sites for hydroxylation is 2. The van der Waals surface area contributed by atoms with Gasteiger partial charge in [-0.3, -0.25) is 0 Å². The second kappa shape index (κ2) is 5.92. The van der Waals surface area contributed by atoms with E-state index in [1.54, 1.807) is 0 Å². The monoisotopic (exact) mass is 283 g/mol. The first-order valence-corrected chi connectivity index (χ1v) is 8.13. The number of rotatable bonds is 3. The molecule has 0 unspecified atom stereocenters. The van der Waals surface area contributed by atoms with Gasteiger partial charge >= 0.3 is 0 Å². The van der Waals surface area contributed by atoms with E-state index in [0.717, 1.165) is 25.8 Å². The summed E-state index contributed by atoms with van der Waals surface area (Å²) in [7, 11) is 0. The molecular weight excluding hydrogens is 258 g/mol. The Balaban J connectivity index is 2.16. The lowest BCUT2D eigenvalue weighted by Gasteiger charge is -2.13. The molecule has 1 aliphatic rings. The third kappa shape index (κ3) is 2.57. The molecule has 1 aromatic heterocycles. The number of hydrogen-bond donors (Lipinski definition) is 1. The van der Waals surface area contributed by atoms with Crippen molar-refractivity contribution >= 4 is 5.82 Å². The molecule has 2 aromatic rings. The van der Waals surface area contributed by atoms with Crippen molar-refractivity contribution in [1.82, 2.24) is 9.78 Å². The Labute approximate surface area is 127 Å². The lowest BCUT2D eigenvalue weighted by atomic mass is 10.1. The summed E-state index contributed by atoms with van der Waals surface area (Å²) in [6, 6.07) is 6.47. The van der Waals surface area contributed by atoms with Crippen LogP contribution in [0.4, 0.5) is 5.82 Å². The van der Waals surface area contributed by atoms with E-state index in [2.05, 4.69) is 49.0 Å². The van der Waals surface area contributed by atoms with Crippen LogP contribution in [-0.4, -0.2) is 16.3 Å². The molecule has 0 amide bonds. The number of nitrogens with zero attached hydrogens (tertiary/aromatic N) is 2. The van der Waals surface area contributed by atoms with Crippen molar-refractivity contribution in [3.63, 3.8) is 0 Å². The Morgan fingerprint density at radius 1 is 1.24 bits per heavy atom. The van der Waals surface area contributed by atoms with Crippen LogP contribution in [0.5, 0.6) is 0 Å². The fourth-order valence-corrected chi connectivity index (χ4v) is 3.15. The van der Waals surface area contributed by atoms with Crippen molar-refractivity contribution in [3.05, 3.63) is 40.6 Å². The highest BCUT2D eigenvalue weighted by Crippen LogP contribution is 2.30. The standard InChI is InChI=1S/C18H25N3/c1-4-8-16-15-10-5-6-12-19-18(15)21(20-16)17-11-7-9-13(2)14(17)3/h7,9,11,19H,4-6,8,10,12H2,1-3H3. The van der Waals surface area contributed by atoms with Gasteiger partial charge in [-0.2, -0.15) is 5.10 Å². The van der Waals surface area contributed by atoms with E-state index in [-0.39, 0.29) is 0 Å². The highest BCUT2D eigenvalue weighted by molar-refractivity contribution is 5.57. The largest absolute Gasteiger partial charge is 0.370 e. The van der Waals surface area contributed by atoms with Gasteiger partial charge < -0.3 is 5.32 Å². The van der Waals surface area contributed by atoms with Crippen LogP contribution in [0, 0.1) is 13.8 Å². The summed E-state index contributed by atoms with van der Waals surface area (Å²) in [6.07, 6.45) is 5.88. The van der Waals surface area contributed by atoms with E-state index < -0.39 is 0 Å². The fourth-order valence-electron chi connectivity index (χ4n) is 3.15. The second-order valence-electron chi connectivity index (χ2n) is 6.04. The number of hydrogen-bond acceptors (Lipinski definition) is 2. The molecule has 1 aromatic carbocycles. The minimum Gasteiger partial charge on any atom is -0.370 e. The third-order valence-electron chi connectivity index (χ3n) is 4.50. The summed E-state index contributed by atoms with van der Waals surface area (Å²) < 4.78 is 2.15. The van der Waals surface area contributed by atoms with E-state index in [1.165, 1.54) is 46.7 Å². The molecule has 112 valence electrons. The normalized spacial score (nSPS) is 14.4. The summed E-state index contributed by atoms with van der Waals surface area (Å²) in [4.78, 5) is 0. The molecule has 0 bridgehead atoms. The van der Waals surface area contributed by atoms with Crippen LogP contribution in [0.25, 0.3) is 5.69 Å². The van der Waals surface area contributed by atoms with Crippen LogP contribution in [-0.2, 0) is 12.8 Å². The van der Waals surface area contributed by atoms with Gasteiger partial charge in [0.15, 0.2) is 0 Å². The van der Waals surface area contributed by atoms with E-state index in [9.17, 15) is 0 Å². The molecule has 1 aliphatic heterocycles. The van der Waals surface area contributed by atoms with E-state index in [1.807, 2.05) is 0 Å². The number of benzene rings is 1. The van der Waals surface area contributed by atoms with Crippen LogP contribution in [0.2, 0.25) is 0 Å². The van der Waals surface area contributed by atoms with Gasteiger partial charge in [0.05, 0.1) is 11.4 Å². The molecule has 0 atom stereocenters. The van der Waals surface area contributed by atoms with Crippen LogP contribution in [0.15, 0.2) is 18.2 Å². The first-order chi connectivity index (χ1) is 10.2. The lowest BCUT2D eigenvalue weighted by molar-refractivity contribution is 0.752. The van der Waals surface area contributed by atoms with Gasteiger partial charge in [-0.15, -0.1) is 0 Å². The molecule has 0 radical (unpaired) electrons. The molecule has 21 heavy (non-hydrogen) atoms. The van der Waals surface area contributed by atoms with Crippen molar-refractivity contribution in [2.45, 2.75) is 52.9 Å². The summed E-state index contributed by atoms with van der Waals surface area (Å²) in [5, 5.41) is 8.57. The fraction of sp³-hybridized carbons (Fsp3) is 0.500. The molecule has 2 heterocycles. The maximum absolute atomic E-state index is 4.95. The van der Waals surface area contributed by atoms with Crippen LogP contribution < -0.4 is 5.32 Å². The van der Waals surface area contributed by atoms with Gasteiger partial charge in [0.1, 0.15) is 5.82 Å². The number of nitrogens with one attached hydrogen (secondary N) is 1. The minimum absolute atomic E-state index is 1.05. The Morgan fingerprint density at radius 3 is 2.90 bits per heavy atom. The SMILES string of the molecule is CCCc1nn(-c2cccc(C)c2C)c2c1CCCCN2. The predicted octanol–water partition coefficient (Wildman–Crippen LogP) is 4.19. The van der Waals surface area contributed by atoms with E-state index in [4.69, 9.17) is 5.10 Å². The smallest absolute Gasteiger partial charge is 0.133 e. The van der Waals surface area contributed by atoms with Crippen LogP contribution in [0.3, 0.4) is 0 Å². The molecule has 0 fully saturated rings. The Kier molecular flexibility index (Phi) is 4.00. The van der Waals surface area contributed by atoms with Crippen LogP contribution >= 0.6 is 0 Å². The molecule has 3 nitrogen and oxygen atoms in total. The zero-order valence-electron chi connectivity index (χ0n) is 13.4. The first-order valence-electron chi connectivity index (χ1n) is 8.13. The number of aromatic nitrogens is 2. The maximum Gasteiger partial charge on any atom is 0.133 e. The van der Waals surface area contributed by atoms with Gasteiger partial charge in [0.25, 0.3) is 0 Å². The number of fused-ring (bicyclic) bond motifs is 1. The van der Waals surface area contributed by atoms with Crippen molar-refractivity contribution in [3.8, 4) is 5.69 Å². The zero-order chi connectivity index (χ0) is 14.8. The molecule has 0 saturated heterocycles. The average Bonchev–Trinajstić information content (AvgIpc) is 2.66. The summed E-state index contributed by atoms with van der Waals surface area (Å²) in [5.74, 6) is 1.23. The third-order valence-corrected chi connectivity index (χ3v) is 4.50. The van der Waals surface area contributed by atoms with Crippen molar-refractivity contribution < 1.29 is 0 Å². The highest BCUT2D eigenvalue weighted by atomic mass is 15.3. The summed E-state index contributed by atoms with van der Waals surface area (Å²) >= 11 is 0. The van der Waals surface area contributed by atoms with Crippen molar-refractivity contribution in [1.29, 1.82) is 0 Å². The van der Waals surface area contributed by atoms with Gasteiger partial charge in [-0.25, -0.2) is 4.68 Å². The van der Waals surface area contributed by atoms with Gasteiger partial charge in [0.2, 0.25) is 0 Å². The molecule has 0 spiro atoms. The Morgan fingerprint density at radius 2 is 2.10 bits per heavy atom. The highest BCUT2D eigenvalue weighted by Gasteiger charge is 2.20. The number of anilines is 1. The van der Waals surface area contributed by atoms with E-state index >= 15 is 0 Å². The van der Waals surface area contributed by atoms with Gasteiger partial charge in [-0.1, -0.05) is 25.5 Å². The predicted molar refractivity (Wildman–Crippen MR) is 88.5 cm³/mol. The minimum atomic E-state index is 1.05.